The van der Waals surface area contributed by atoms with Crippen molar-refractivity contribution in [3.63, 3.8) is 0 Å². The van der Waals surface area contributed by atoms with E-state index in [9.17, 15) is 9.59 Å². The van der Waals surface area contributed by atoms with Crippen molar-refractivity contribution in [3.05, 3.63) is 46.2 Å². The van der Waals surface area contributed by atoms with Gasteiger partial charge in [-0.2, -0.15) is 0 Å². The van der Waals surface area contributed by atoms with Crippen molar-refractivity contribution in [2.75, 3.05) is 34.4 Å². The molecule has 0 spiro atoms. The monoisotopic (exact) mass is 362 g/mol. The number of hydrogen-bond acceptors (Lipinski definition) is 5. The van der Waals surface area contributed by atoms with Gasteiger partial charge in [0.2, 0.25) is 5.91 Å². The first-order valence-electron chi connectivity index (χ1n) is 7.81. The van der Waals surface area contributed by atoms with Crippen LogP contribution in [0.1, 0.15) is 15.2 Å². The topological polar surface area (TPSA) is 67.9 Å². The number of nitrogens with zero attached hydrogens (tertiary/aromatic N) is 1. The van der Waals surface area contributed by atoms with Crippen molar-refractivity contribution in [1.82, 2.24) is 10.2 Å². The summed E-state index contributed by atoms with van der Waals surface area (Å²) in [7, 11) is 4.91. The second-order valence-corrected chi connectivity index (χ2v) is 6.36. The van der Waals surface area contributed by atoms with Gasteiger partial charge in [-0.1, -0.05) is 12.1 Å². The van der Waals surface area contributed by atoms with E-state index >= 15 is 0 Å². The molecular weight excluding hydrogens is 340 g/mol. The molecule has 6 nitrogen and oxygen atoms in total. The Morgan fingerprint density at radius 3 is 2.56 bits per heavy atom. The molecule has 0 saturated heterocycles. The Balaban J connectivity index is 1.82. The molecule has 0 aliphatic rings. The minimum absolute atomic E-state index is 0.0147. The van der Waals surface area contributed by atoms with Gasteiger partial charge in [0, 0.05) is 13.6 Å². The second-order valence-electron chi connectivity index (χ2n) is 5.41. The van der Waals surface area contributed by atoms with Crippen LogP contribution in [0.2, 0.25) is 0 Å². The largest absolute Gasteiger partial charge is 0.493 e. The van der Waals surface area contributed by atoms with Gasteiger partial charge < -0.3 is 19.7 Å². The van der Waals surface area contributed by atoms with Crippen molar-refractivity contribution in [1.29, 1.82) is 0 Å². The first-order valence-corrected chi connectivity index (χ1v) is 8.69. The Hall–Kier alpha value is -2.54. The lowest BCUT2D eigenvalue weighted by Gasteiger charge is -2.18. The van der Waals surface area contributed by atoms with E-state index in [1.807, 2.05) is 23.6 Å². The Morgan fingerprint density at radius 2 is 1.92 bits per heavy atom. The molecule has 1 aromatic carbocycles. The number of hydrogen-bond donors (Lipinski definition) is 1. The summed E-state index contributed by atoms with van der Waals surface area (Å²) in [6.45, 7) is 0.530. The summed E-state index contributed by atoms with van der Waals surface area (Å²) in [6, 6.07) is 9.22. The predicted octanol–water partition coefficient (Wildman–Crippen LogP) is 2.20. The highest BCUT2D eigenvalue weighted by Gasteiger charge is 2.13. The normalized spacial score (nSPS) is 10.2. The molecule has 0 saturated carbocycles. The molecule has 0 unspecified atom stereocenters. The van der Waals surface area contributed by atoms with Crippen molar-refractivity contribution < 1.29 is 19.1 Å². The maximum atomic E-state index is 12.1. The van der Waals surface area contributed by atoms with Crippen LogP contribution in [0.25, 0.3) is 0 Å². The first-order chi connectivity index (χ1) is 12.0. The fourth-order valence-electron chi connectivity index (χ4n) is 2.24. The molecule has 1 N–H and O–H groups in total. The van der Waals surface area contributed by atoms with E-state index in [1.54, 1.807) is 38.3 Å². The van der Waals surface area contributed by atoms with Gasteiger partial charge in [0.1, 0.15) is 0 Å². The number of ether oxygens (including phenoxy) is 2. The highest BCUT2D eigenvalue weighted by atomic mass is 32.1. The number of rotatable bonds is 8. The van der Waals surface area contributed by atoms with Crippen LogP contribution in [-0.4, -0.2) is 51.1 Å². The van der Waals surface area contributed by atoms with E-state index in [0.717, 1.165) is 5.56 Å². The number of benzene rings is 1. The second kappa shape index (κ2) is 9.08. The minimum Gasteiger partial charge on any atom is -0.493 e. The highest BCUT2D eigenvalue weighted by Crippen LogP contribution is 2.27. The van der Waals surface area contributed by atoms with Gasteiger partial charge >= 0.3 is 0 Å². The van der Waals surface area contributed by atoms with Gasteiger partial charge in [-0.25, -0.2) is 0 Å². The number of carbonyl (C=O) groups excluding carboxylic acids is 2. The number of thiophene rings is 1. The van der Waals surface area contributed by atoms with Gasteiger partial charge in [0.05, 0.1) is 25.6 Å². The quantitative estimate of drug-likeness (QED) is 0.782. The summed E-state index contributed by atoms with van der Waals surface area (Å²) in [6.07, 6.45) is 0.682. The zero-order chi connectivity index (χ0) is 18.2. The van der Waals surface area contributed by atoms with Gasteiger partial charge in [-0.3, -0.25) is 9.59 Å². The summed E-state index contributed by atoms with van der Waals surface area (Å²) in [4.78, 5) is 26.2. The van der Waals surface area contributed by atoms with Crippen LogP contribution in [0.4, 0.5) is 0 Å². The molecular formula is C18H22N2O4S. The highest BCUT2D eigenvalue weighted by molar-refractivity contribution is 7.12. The molecule has 0 aliphatic carbocycles. The molecule has 1 heterocycles. The lowest BCUT2D eigenvalue weighted by molar-refractivity contribution is -0.128. The van der Waals surface area contributed by atoms with E-state index in [4.69, 9.17) is 9.47 Å². The summed E-state index contributed by atoms with van der Waals surface area (Å²) < 4.78 is 10.5. The third-order valence-corrected chi connectivity index (χ3v) is 4.62. The molecule has 0 aliphatic heterocycles. The molecule has 2 amide bonds. The maximum absolute atomic E-state index is 12.1. The molecule has 0 atom stereocenters. The molecule has 0 bridgehead atoms. The zero-order valence-electron chi connectivity index (χ0n) is 14.6. The van der Waals surface area contributed by atoms with E-state index in [-0.39, 0.29) is 18.4 Å². The summed E-state index contributed by atoms with van der Waals surface area (Å²) >= 11 is 1.35. The van der Waals surface area contributed by atoms with Crippen LogP contribution >= 0.6 is 11.3 Å². The van der Waals surface area contributed by atoms with Crippen molar-refractivity contribution in [2.24, 2.45) is 0 Å². The average Bonchev–Trinajstić information content (AvgIpc) is 3.18. The lowest BCUT2D eigenvalue weighted by atomic mass is 10.1. The lowest BCUT2D eigenvalue weighted by Crippen LogP contribution is -2.38. The summed E-state index contributed by atoms with van der Waals surface area (Å²) in [5.74, 6) is 0.978. The molecule has 1 aromatic heterocycles. The fourth-order valence-corrected chi connectivity index (χ4v) is 2.88. The van der Waals surface area contributed by atoms with Crippen LogP contribution in [0.15, 0.2) is 35.7 Å². The Morgan fingerprint density at radius 1 is 1.16 bits per heavy atom. The van der Waals surface area contributed by atoms with Crippen molar-refractivity contribution in [2.45, 2.75) is 6.42 Å². The summed E-state index contributed by atoms with van der Waals surface area (Å²) in [5.41, 5.74) is 1.04. The fraction of sp³-hybridized carbons (Fsp3) is 0.333. The number of amides is 2. The number of carbonyl (C=O) groups is 2. The SMILES string of the molecule is COc1ccc(CCN(C)C(=O)CNC(=O)c2cccs2)cc1OC. The van der Waals surface area contributed by atoms with Gasteiger partial charge in [0.15, 0.2) is 11.5 Å². The third kappa shape index (κ3) is 5.22. The zero-order valence-corrected chi connectivity index (χ0v) is 15.4. The predicted molar refractivity (Wildman–Crippen MR) is 97.5 cm³/mol. The van der Waals surface area contributed by atoms with Crippen LogP contribution in [-0.2, 0) is 11.2 Å². The first kappa shape index (κ1) is 18.8. The number of methoxy groups -OCH3 is 2. The maximum Gasteiger partial charge on any atom is 0.261 e. The molecule has 7 heteroatoms. The molecule has 2 aromatic rings. The Kier molecular flexibility index (Phi) is 6.82. The van der Waals surface area contributed by atoms with E-state index in [2.05, 4.69) is 5.32 Å². The van der Waals surface area contributed by atoms with E-state index in [0.29, 0.717) is 29.3 Å². The summed E-state index contributed by atoms with van der Waals surface area (Å²) in [5, 5.41) is 4.47. The molecule has 0 fully saturated rings. The van der Waals surface area contributed by atoms with Crippen molar-refractivity contribution in [3.8, 4) is 11.5 Å². The Bertz CT molecular complexity index is 716. The molecule has 0 radical (unpaired) electrons. The third-order valence-electron chi connectivity index (χ3n) is 3.75. The van der Waals surface area contributed by atoms with E-state index in [1.165, 1.54) is 11.3 Å². The number of nitrogens with one attached hydrogen (secondary N) is 1. The van der Waals surface area contributed by atoms with Crippen LogP contribution in [0.5, 0.6) is 11.5 Å². The molecule has 2 rings (SSSR count). The van der Waals surface area contributed by atoms with Crippen LogP contribution in [0, 0.1) is 0 Å². The van der Waals surface area contributed by atoms with Gasteiger partial charge in [0.25, 0.3) is 5.91 Å². The van der Waals surface area contributed by atoms with E-state index < -0.39 is 0 Å². The van der Waals surface area contributed by atoms with Crippen LogP contribution in [0.3, 0.4) is 0 Å². The average molecular weight is 362 g/mol. The Labute approximate surface area is 151 Å². The minimum atomic E-state index is -0.225. The van der Waals surface area contributed by atoms with Gasteiger partial charge in [-0.15, -0.1) is 11.3 Å². The van der Waals surface area contributed by atoms with Crippen LogP contribution < -0.4 is 14.8 Å². The smallest absolute Gasteiger partial charge is 0.261 e. The van der Waals surface area contributed by atoms with Crippen molar-refractivity contribution >= 4 is 23.2 Å². The molecule has 25 heavy (non-hydrogen) atoms. The standard InChI is InChI=1S/C18H22N2O4S/c1-20(17(21)12-19-18(22)16-5-4-10-25-16)9-8-13-6-7-14(23-2)15(11-13)24-3/h4-7,10-11H,8-9,12H2,1-3H3,(H,19,22). The molecule has 134 valence electrons. The number of likely N-dealkylation sites (N-methyl/N-ethyl adjacent to an activating group) is 1. The van der Waals surface area contributed by atoms with Gasteiger partial charge in [-0.05, 0) is 35.6 Å².